The number of aromatic nitrogens is 3. The molecule has 2 aliphatic carbocycles. The van der Waals surface area contributed by atoms with E-state index in [0.717, 1.165) is 69.2 Å². The van der Waals surface area contributed by atoms with Crippen molar-refractivity contribution in [1.29, 1.82) is 5.26 Å². The molecule has 2 atom stereocenters. The summed E-state index contributed by atoms with van der Waals surface area (Å²) in [4.78, 5) is 24.3. The van der Waals surface area contributed by atoms with E-state index in [-0.39, 0.29) is 54.4 Å². The first kappa shape index (κ1) is 31.4. The summed E-state index contributed by atoms with van der Waals surface area (Å²) in [6.07, 6.45) is 7.01. The molecular weight excluding hydrogens is 641 g/mol. The maximum absolute atomic E-state index is 16.8. The highest BCUT2D eigenvalue weighted by Gasteiger charge is 2.53. The molecule has 1 unspecified atom stereocenters. The molecule has 14 heteroatoms. The molecule has 4 fully saturated rings. The van der Waals surface area contributed by atoms with Gasteiger partial charge < -0.3 is 19.3 Å². The normalized spacial score (nSPS) is 22.0. The lowest BCUT2D eigenvalue weighted by atomic mass is 9.75. The number of anilines is 1. The molecule has 0 radical (unpaired) electrons. The summed E-state index contributed by atoms with van der Waals surface area (Å²) in [7, 11) is 6.04. The van der Waals surface area contributed by atoms with Crippen LogP contribution >= 0.6 is 11.3 Å². The average molecular weight is 677 g/mol. The standard InChI is InChI=1S/C34H35F3N8O2S/c1-39-31-19(11-38)24-18(10-21(35)25(36)29(24)48-31)27-26(37)28-20(12-40-27)30(44(4)16-34(43(2)3)6-5-7-34)42-32(41-28)47-17-33(8-9-33)15-45-13-23-22(45)14-46-23/h10,12,22-23H,1,5-9,13-17H2,2-4H3/t22-,23?/m1/s1. The number of benzene rings is 1. The number of hydrogen-bond acceptors (Lipinski definition) is 11. The molecule has 2 saturated heterocycles. The van der Waals surface area contributed by atoms with E-state index in [4.69, 9.17) is 14.5 Å². The van der Waals surface area contributed by atoms with Crippen molar-refractivity contribution in [2.75, 3.05) is 58.9 Å². The molecular formula is C34H35F3N8O2S. The highest BCUT2D eigenvalue weighted by molar-refractivity contribution is 7.23. The second-order valence-corrected chi connectivity index (χ2v) is 15.0. The zero-order valence-electron chi connectivity index (χ0n) is 27.0. The molecule has 250 valence electrons. The molecule has 0 bridgehead atoms. The molecule has 1 aromatic carbocycles. The number of aliphatic imine (C=N–C) groups is 1. The summed E-state index contributed by atoms with van der Waals surface area (Å²) in [6.45, 7) is 7.09. The third-order valence-electron chi connectivity index (χ3n) is 10.9. The summed E-state index contributed by atoms with van der Waals surface area (Å²) in [6, 6.07) is 3.38. The van der Waals surface area contributed by atoms with Crippen LogP contribution in [-0.4, -0.2) is 103 Å². The van der Waals surface area contributed by atoms with Gasteiger partial charge in [0.1, 0.15) is 28.1 Å². The van der Waals surface area contributed by atoms with Crippen LogP contribution in [0.25, 0.3) is 32.2 Å². The average Bonchev–Trinajstić information content (AvgIpc) is 3.70. The van der Waals surface area contributed by atoms with Gasteiger partial charge in [-0.25, -0.2) is 13.2 Å². The van der Waals surface area contributed by atoms with Crippen molar-refractivity contribution in [3.63, 3.8) is 0 Å². The van der Waals surface area contributed by atoms with Crippen molar-refractivity contribution in [1.82, 2.24) is 24.8 Å². The third-order valence-corrected chi connectivity index (χ3v) is 12.0. The fraction of sp³-hybridized carbons (Fsp3) is 0.500. The van der Waals surface area contributed by atoms with Crippen molar-refractivity contribution in [3.8, 4) is 23.3 Å². The summed E-state index contributed by atoms with van der Waals surface area (Å²) >= 11 is 0.776. The van der Waals surface area contributed by atoms with Gasteiger partial charge in [-0.1, -0.05) is 0 Å². The molecule has 2 aliphatic heterocycles. The number of hydrogen-bond donors (Lipinski definition) is 0. The molecule has 0 N–H and O–H groups in total. The second-order valence-electron chi connectivity index (χ2n) is 14.0. The van der Waals surface area contributed by atoms with Gasteiger partial charge in [-0.2, -0.15) is 15.2 Å². The first-order valence-corrected chi connectivity index (χ1v) is 16.9. The van der Waals surface area contributed by atoms with Gasteiger partial charge in [0.25, 0.3) is 0 Å². The van der Waals surface area contributed by atoms with Gasteiger partial charge >= 0.3 is 6.01 Å². The van der Waals surface area contributed by atoms with Crippen molar-refractivity contribution in [2.24, 2.45) is 10.4 Å². The minimum Gasteiger partial charge on any atom is -0.463 e. The lowest BCUT2D eigenvalue weighted by molar-refractivity contribution is -0.218. The van der Waals surface area contributed by atoms with E-state index in [1.807, 2.05) is 18.0 Å². The van der Waals surface area contributed by atoms with Crippen LogP contribution < -0.4 is 9.64 Å². The van der Waals surface area contributed by atoms with Crippen LogP contribution in [0.5, 0.6) is 6.01 Å². The quantitative estimate of drug-likeness (QED) is 0.186. The predicted octanol–water partition coefficient (Wildman–Crippen LogP) is 5.69. The summed E-state index contributed by atoms with van der Waals surface area (Å²) in [5.74, 6) is -2.73. The fourth-order valence-corrected chi connectivity index (χ4v) is 8.44. The Kier molecular flexibility index (Phi) is 7.41. The fourth-order valence-electron chi connectivity index (χ4n) is 7.43. The Balaban J connectivity index is 1.21. The predicted molar refractivity (Wildman–Crippen MR) is 178 cm³/mol. The molecule has 4 aromatic rings. The Hall–Kier alpha value is -3.90. The Bertz CT molecular complexity index is 2020. The molecule has 0 spiro atoms. The number of nitriles is 1. The van der Waals surface area contributed by atoms with Gasteiger partial charge in [-0.05, 0) is 59.0 Å². The Morgan fingerprint density at radius 2 is 1.98 bits per heavy atom. The van der Waals surface area contributed by atoms with E-state index in [9.17, 15) is 14.0 Å². The molecule has 0 amide bonds. The maximum Gasteiger partial charge on any atom is 0.319 e. The van der Waals surface area contributed by atoms with Gasteiger partial charge in [-0.3, -0.25) is 14.9 Å². The monoisotopic (exact) mass is 676 g/mol. The maximum atomic E-state index is 16.8. The largest absolute Gasteiger partial charge is 0.463 e. The van der Waals surface area contributed by atoms with E-state index in [0.29, 0.717) is 36.5 Å². The van der Waals surface area contributed by atoms with Crippen LogP contribution in [0.15, 0.2) is 17.3 Å². The van der Waals surface area contributed by atoms with E-state index < -0.39 is 17.5 Å². The Morgan fingerprint density at radius 3 is 2.56 bits per heavy atom. The first-order valence-electron chi connectivity index (χ1n) is 16.1. The number of likely N-dealkylation sites (tertiary alicyclic amines) is 1. The SMILES string of the molecule is C=Nc1sc2c(F)c(F)cc(-c3ncc4c(N(C)CC5(N(C)C)CCC5)nc(OCC5(CN6CC7OC[C@H]76)CC5)nc4c3F)c2c1C#N. The lowest BCUT2D eigenvalue weighted by Crippen LogP contribution is -2.71. The highest BCUT2D eigenvalue weighted by Crippen LogP contribution is 2.49. The number of halogens is 3. The van der Waals surface area contributed by atoms with Gasteiger partial charge in [0, 0.05) is 54.8 Å². The van der Waals surface area contributed by atoms with Crippen LogP contribution in [-0.2, 0) is 4.74 Å². The van der Waals surface area contributed by atoms with E-state index in [2.05, 4.69) is 45.6 Å². The molecule has 2 saturated carbocycles. The van der Waals surface area contributed by atoms with Gasteiger partial charge in [0.05, 0.1) is 41.0 Å². The highest BCUT2D eigenvalue weighted by atomic mass is 32.1. The number of nitrogens with zero attached hydrogens (tertiary/aromatic N) is 8. The van der Waals surface area contributed by atoms with Crippen molar-refractivity contribution in [2.45, 2.75) is 49.8 Å². The summed E-state index contributed by atoms with van der Waals surface area (Å²) in [5.41, 5.74) is -0.513. The van der Waals surface area contributed by atoms with Crippen LogP contribution in [0, 0.1) is 34.2 Å². The third kappa shape index (κ3) is 4.85. The number of thiophene rings is 1. The number of likely N-dealkylation sites (N-methyl/N-ethyl adjacent to an activating group) is 2. The lowest BCUT2D eigenvalue weighted by Gasteiger charge is -2.55. The molecule has 4 aliphatic rings. The summed E-state index contributed by atoms with van der Waals surface area (Å²) in [5, 5.41) is 10.4. The van der Waals surface area contributed by atoms with Crippen molar-refractivity contribution >= 4 is 49.9 Å². The number of pyridine rings is 1. The van der Waals surface area contributed by atoms with Crippen LogP contribution in [0.4, 0.5) is 24.0 Å². The number of ether oxygens (including phenoxy) is 2. The molecule has 48 heavy (non-hydrogen) atoms. The Morgan fingerprint density at radius 1 is 1.19 bits per heavy atom. The first-order chi connectivity index (χ1) is 23.1. The Labute approximate surface area is 279 Å². The second kappa shape index (κ2) is 11.3. The van der Waals surface area contributed by atoms with E-state index in [1.54, 1.807) is 0 Å². The zero-order valence-corrected chi connectivity index (χ0v) is 27.8. The minimum absolute atomic E-state index is 0.0193. The summed E-state index contributed by atoms with van der Waals surface area (Å²) < 4.78 is 58.4. The van der Waals surface area contributed by atoms with Crippen molar-refractivity contribution < 1.29 is 22.6 Å². The van der Waals surface area contributed by atoms with E-state index >= 15 is 4.39 Å². The van der Waals surface area contributed by atoms with Gasteiger partial charge in [0.2, 0.25) is 0 Å². The smallest absolute Gasteiger partial charge is 0.319 e. The molecule has 5 heterocycles. The molecule has 8 rings (SSSR count). The molecule has 10 nitrogen and oxygen atoms in total. The van der Waals surface area contributed by atoms with Crippen LogP contribution in [0.2, 0.25) is 0 Å². The van der Waals surface area contributed by atoms with E-state index in [1.165, 1.54) is 6.20 Å². The molecule has 3 aromatic heterocycles. The topological polar surface area (TPSA) is 103 Å². The number of fused-ring (bicyclic) bond motifs is 3. The van der Waals surface area contributed by atoms with Crippen LogP contribution in [0.3, 0.4) is 0 Å². The zero-order chi connectivity index (χ0) is 33.5. The van der Waals surface area contributed by atoms with Gasteiger partial charge in [-0.15, -0.1) is 11.3 Å². The van der Waals surface area contributed by atoms with Crippen molar-refractivity contribution in [3.05, 3.63) is 35.3 Å². The van der Waals surface area contributed by atoms with Gasteiger partial charge in [0.15, 0.2) is 17.5 Å². The number of rotatable bonds is 11. The van der Waals surface area contributed by atoms with Crippen LogP contribution in [0.1, 0.15) is 37.7 Å². The number of morpholine rings is 1. The minimum atomic E-state index is -1.20.